The maximum atomic E-state index is 12.7. The van der Waals surface area contributed by atoms with E-state index in [2.05, 4.69) is 0 Å². The van der Waals surface area contributed by atoms with Gasteiger partial charge in [0.2, 0.25) is 0 Å². The number of hydrogen-bond donors (Lipinski definition) is 2. The number of alkyl halides is 6. The van der Waals surface area contributed by atoms with E-state index in [9.17, 15) is 35.9 Å². The molecule has 1 aromatic carbocycles. The first kappa shape index (κ1) is 17.1. The number of halogens is 6. The Morgan fingerprint density at radius 2 is 1.39 bits per heavy atom. The van der Waals surface area contributed by atoms with Crippen LogP contribution in [-0.4, -0.2) is 22.5 Å². The fraction of sp³-hybridized carbons (Fsp3) is 0.385. The van der Waals surface area contributed by atoms with Crippen molar-refractivity contribution in [3.63, 3.8) is 0 Å². The van der Waals surface area contributed by atoms with Crippen molar-refractivity contribution in [3.8, 4) is 0 Å². The Balaban J connectivity index is 2.41. The SMILES string of the molecule is O=C(NC1(C(=O)O)CC1)c1cc(C(F)(F)F)cc(C(F)(F)F)c1. The Morgan fingerprint density at radius 3 is 1.70 bits per heavy atom. The van der Waals surface area contributed by atoms with Crippen molar-refractivity contribution in [1.29, 1.82) is 0 Å². The van der Waals surface area contributed by atoms with Gasteiger partial charge >= 0.3 is 18.3 Å². The summed E-state index contributed by atoms with van der Waals surface area (Å²) in [6.45, 7) is 0. The van der Waals surface area contributed by atoms with Crippen LogP contribution in [0.25, 0.3) is 0 Å². The van der Waals surface area contributed by atoms with E-state index in [1.54, 1.807) is 0 Å². The molecule has 1 fully saturated rings. The number of carbonyl (C=O) groups excluding carboxylic acids is 1. The molecular formula is C13H9F6NO3. The number of nitrogens with one attached hydrogen (secondary N) is 1. The summed E-state index contributed by atoms with van der Waals surface area (Å²) in [5.41, 5.74) is -5.81. The molecule has 126 valence electrons. The second kappa shape index (κ2) is 5.14. The lowest BCUT2D eigenvalue weighted by Crippen LogP contribution is -2.43. The number of hydrogen-bond acceptors (Lipinski definition) is 2. The van der Waals surface area contributed by atoms with Crippen LogP contribution in [0.5, 0.6) is 0 Å². The second-order valence-electron chi connectivity index (χ2n) is 5.14. The maximum Gasteiger partial charge on any atom is 0.416 e. The molecule has 0 atom stereocenters. The summed E-state index contributed by atoms with van der Waals surface area (Å²) >= 11 is 0. The summed E-state index contributed by atoms with van der Waals surface area (Å²) in [5, 5.41) is 10.9. The Hall–Kier alpha value is -2.26. The van der Waals surface area contributed by atoms with Crippen molar-refractivity contribution < 1.29 is 41.0 Å². The molecule has 4 nitrogen and oxygen atoms in total. The molecule has 2 N–H and O–H groups in total. The van der Waals surface area contributed by atoms with Gasteiger partial charge in [0.25, 0.3) is 5.91 Å². The number of aliphatic carboxylic acids is 1. The Labute approximate surface area is 125 Å². The summed E-state index contributed by atoms with van der Waals surface area (Å²) in [7, 11) is 0. The smallest absolute Gasteiger partial charge is 0.416 e. The van der Waals surface area contributed by atoms with E-state index in [0.29, 0.717) is 0 Å². The molecule has 0 aliphatic heterocycles. The van der Waals surface area contributed by atoms with Gasteiger partial charge in [0.1, 0.15) is 5.54 Å². The van der Waals surface area contributed by atoms with Crippen molar-refractivity contribution in [2.75, 3.05) is 0 Å². The molecule has 1 saturated carbocycles. The quantitative estimate of drug-likeness (QED) is 0.831. The van der Waals surface area contributed by atoms with Gasteiger partial charge in [-0.25, -0.2) is 4.79 Å². The molecule has 0 saturated heterocycles. The minimum atomic E-state index is -5.08. The number of benzene rings is 1. The average Bonchev–Trinajstić information content (AvgIpc) is 3.17. The average molecular weight is 341 g/mol. The monoisotopic (exact) mass is 341 g/mol. The van der Waals surface area contributed by atoms with Gasteiger partial charge < -0.3 is 10.4 Å². The van der Waals surface area contributed by atoms with Gasteiger partial charge in [0.15, 0.2) is 0 Å². The summed E-state index contributed by atoms with van der Waals surface area (Å²) in [4.78, 5) is 22.8. The number of amides is 1. The third-order valence-corrected chi connectivity index (χ3v) is 3.36. The van der Waals surface area contributed by atoms with Gasteiger partial charge in [0.05, 0.1) is 11.1 Å². The summed E-state index contributed by atoms with van der Waals surface area (Å²) < 4.78 is 76.1. The predicted molar refractivity (Wildman–Crippen MR) is 63.5 cm³/mol. The normalized spacial score (nSPS) is 16.8. The van der Waals surface area contributed by atoms with Gasteiger partial charge in [0, 0.05) is 5.56 Å². The van der Waals surface area contributed by atoms with Crippen LogP contribution in [0.3, 0.4) is 0 Å². The molecule has 1 aliphatic carbocycles. The maximum absolute atomic E-state index is 12.7. The lowest BCUT2D eigenvalue weighted by Gasteiger charge is -2.16. The van der Waals surface area contributed by atoms with E-state index in [-0.39, 0.29) is 31.0 Å². The van der Waals surface area contributed by atoms with E-state index >= 15 is 0 Å². The van der Waals surface area contributed by atoms with Crippen LogP contribution in [0.4, 0.5) is 26.3 Å². The highest BCUT2D eigenvalue weighted by Crippen LogP contribution is 2.38. The molecule has 0 spiro atoms. The zero-order valence-electron chi connectivity index (χ0n) is 11.2. The second-order valence-corrected chi connectivity index (χ2v) is 5.14. The third-order valence-electron chi connectivity index (χ3n) is 3.36. The minimum Gasteiger partial charge on any atom is -0.480 e. The van der Waals surface area contributed by atoms with Crippen molar-refractivity contribution in [3.05, 3.63) is 34.9 Å². The minimum absolute atomic E-state index is 0.0547. The van der Waals surface area contributed by atoms with Crippen molar-refractivity contribution in [1.82, 2.24) is 5.32 Å². The van der Waals surface area contributed by atoms with E-state index in [0.717, 1.165) is 0 Å². The zero-order chi connectivity index (χ0) is 17.6. The molecule has 0 radical (unpaired) electrons. The largest absolute Gasteiger partial charge is 0.480 e. The molecule has 0 aromatic heterocycles. The number of rotatable bonds is 3. The van der Waals surface area contributed by atoms with Gasteiger partial charge in [-0.1, -0.05) is 0 Å². The van der Waals surface area contributed by atoms with Gasteiger partial charge in [-0.2, -0.15) is 26.3 Å². The molecular weight excluding hydrogens is 332 g/mol. The highest BCUT2D eigenvalue weighted by Gasteiger charge is 2.52. The number of carboxylic acids is 1. The molecule has 1 aliphatic rings. The van der Waals surface area contributed by atoms with Crippen molar-refractivity contribution >= 4 is 11.9 Å². The fourth-order valence-corrected chi connectivity index (χ4v) is 1.89. The molecule has 0 bridgehead atoms. The van der Waals surface area contributed by atoms with Gasteiger partial charge in [-0.15, -0.1) is 0 Å². The standard InChI is InChI=1S/C13H9F6NO3/c14-12(15,16)7-3-6(4-8(5-7)13(17,18)19)9(21)20-11(1-2-11)10(22)23/h3-5H,1-2H2,(H,20,21)(H,22,23). The van der Waals surface area contributed by atoms with Crippen LogP contribution in [0.2, 0.25) is 0 Å². The molecule has 2 rings (SSSR count). The molecule has 1 aromatic rings. The lowest BCUT2D eigenvalue weighted by molar-refractivity contribution is -0.143. The van der Waals surface area contributed by atoms with Crippen LogP contribution in [0, 0.1) is 0 Å². The van der Waals surface area contributed by atoms with Gasteiger partial charge in [-0.3, -0.25) is 4.79 Å². The van der Waals surface area contributed by atoms with Crippen molar-refractivity contribution in [2.45, 2.75) is 30.7 Å². The molecule has 1 amide bonds. The lowest BCUT2D eigenvalue weighted by atomic mass is 10.0. The predicted octanol–water partition coefficient (Wildman–Crippen LogP) is 3.07. The Bertz CT molecular complexity index is 628. The van der Waals surface area contributed by atoms with Crippen LogP contribution >= 0.6 is 0 Å². The highest BCUT2D eigenvalue weighted by atomic mass is 19.4. The van der Waals surface area contributed by atoms with E-state index in [4.69, 9.17) is 5.11 Å². The number of carboxylic acid groups (broad SMARTS) is 1. The highest BCUT2D eigenvalue weighted by molar-refractivity contribution is 5.99. The summed E-state index contributed by atoms with van der Waals surface area (Å²) in [6.07, 6.45) is -10.1. The zero-order valence-corrected chi connectivity index (χ0v) is 11.2. The van der Waals surface area contributed by atoms with Crippen molar-refractivity contribution in [2.24, 2.45) is 0 Å². The molecule has 10 heteroatoms. The first-order valence-corrected chi connectivity index (χ1v) is 6.20. The van der Waals surface area contributed by atoms with E-state index in [1.807, 2.05) is 5.32 Å². The van der Waals surface area contributed by atoms with Crippen LogP contribution in [0.15, 0.2) is 18.2 Å². The first-order valence-electron chi connectivity index (χ1n) is 6.20. The number of carbonyl (C=O) groups is 2. The summed E-state index contributed by atoms with van der Waals surface area (Å²) in [6, 6.07) is 0.395. The third kappa shape index (κ3) is 3.57. The van der Waals surface area contributed by atoms with E-state index < -0.39 is 46.5 Å². The van der Waals surface area contributed by atoms with Gasteiger partial charge in [-0.05, 0) is 31.0 Å². The first-order chi connectivity index (χ1) is 10.3. The van der Waals surface area contributed by atoms with E-state index in [1.165, 1.54) is 0 Å². The van der Waals surface area contributed by atoms with Crippen LogP contribution in [-0.2, 0) is 17.1 Å². The Morgan fingerprint density at radius 1 is 0.957 bits per heavy atom. The fourth-order valence-electron chi connectivity index (χ4n) is 1.89. The van der Waals surface area contributed by atoms with Crippen LogP contribution < -0.4 is 5.32 Å². The molecule has 0 heterocycles. The van der Waals surface area contributed by atoms with Crippen LogP contribution in [0.1, 0.15) is 34.3 Å². The molecule has 0 unspecified atom stereocenters. The summed E-state index contributed by atoms with van der Waals surface area (Å²) in [5.74, 6) is -2.70. The molecule has 23 heavy (non-hydrogen) atoms. The topological polar surface area (TPSA) is 66.4 Å². The Kier molecular flexibility index (Phi) is 3.82.